The van der Waals surface area contributed by atoms with Crippen LogP contribution in [0.3, 0.4) is 0 Å². The molecule has 0 saturated carbocycles. The maximum atomic E-state index is 12.0. The molecule has 1 saturated heterocycles. The number of carbonyl (C=O) groups is 2. The molecule has 18 heavy (non-hydrogen) atoms. The molecule has 96 valence electrons. The fraction of sp³-hybridized carbons (Fsp3) is 0.385. The molecule has 2 N–H and O–H groups in total. The molecule has 1 unspecified atom stereocenters. The second kappa shape index (κ2) is 4.78. The number of aromatic carboxylic acids is 1. The van der Waals surface area contributed by atoms with Crippen LogP contribution in [0.25, 0.3) is 0 Å². The van der Waals surface area contributed by atoms with E-state index in [1.54, 1.807) is 19.1 Å². The zero-order valence-electron chi connectivity index (χ0n) is 10.1. The van der Waals surface area contributed by atoms with Crippen molar-refractivity contribution < 1.29 is 19.4 Å². The summed E-state index contributed by atoms with van der Waals surface area (Å²) in [5.74, 6) is -1.18. The third kappa shape index (κ3) is 2.51. The van der Waals surface area contributed by atoms with Crippen LogP contribution in [0.2, 0.25) is 0 Å². The van der Waals surface area contributed by atoms with Crippen molar-refractivity contribution >= 4 is 17.6 Å². The summed E-state index contributed by atoms with van der Waals surface area (Å²) >= 11 is 0. The van der Waals surface area contributed by atoms with E-state index in [1.807, 2.05) is 0 Å². The molecule has 1 aromatic carbocycles. The summed E-state index contributed by atoms with van der Waals surface area (Å²) in [4.78, 5) is 22.7. The van der Waals surface area contributed by atoms with E-state index in [0.717, 1.165) is 6.42 Å². The number of carboxylic acid groups (broad SMARTS) is 1. The number of rotatable bonds is 3. The molecule has 1 fully saturated rings. The van der Waals surface area contributed by atoms with Crippen LogP contribution in [-0.2, 0) is 9.53 Å². The van der Waals surface area contributed by atoms with Gasteiger partial charge in [-0.15, -0.1) is 0 Å². The number of ether oxygens (including phenoxy) is 1. The Morgan fingerprint density at radius 2 is 2.00 bits per heavy atom. The van der Waals surface area contributed by atoms with Gasteiger partial charge in [0.05, 0.1) is 5.56 Å². The van der Waals surface area contributed by atoms with Crippen molar-refractivity contribution in [2.75, 3.05) is 11.9 Å². The Kier molecular flexibility index (Phi) is 3.34. The van der Waals surface area contributed by atoms with Crippen molar-refractivity contribution in [1.29, 1.82) is 0 Å². The minimum atomic E-state index is -0.987. The monoisotopic (exact) mass is 249 g/mol. The summed E-state index contributed by atoms with van der Waals surface area (Å²) in [7, 11) is 0. The lowest BCUT2D eigenvalue weighted by Crippen LogP contribution is -2.39. The first-order chi connectivity index (χ1) is 8.51. The molecule has 5 heteroatoms. The fourth-order valence-corrected chi connectivity index (χ4v) is 1.92. The van der Waals surface area contributed by atoms with Gasteiger partial charge in [0.15, 0.2) is 0 Å². The normalized spacial score (nSPS) is 22.7. The van der Waals surface area contributed by atoms with Crippen molar-refractivity contribution in [3.05, 3.63) is 29.8 Å². The fourth-order valence-electron chi connectivity index (χ4n) is 1.92. The SMILES string of the molecule is CC1(C(=O)Nc2ccc(C(=O)O)cc2)CCCO1. The Bertz CT molecular complexity index is 460. The van der Waals surface area contributed by atoms with Gasteiger partial charge in [0.2, 0.25) is 0 Å². The van der Waals surface area contributed by atoms with E-state index in [1.165, 1.54) is 12.1 Å². The summed E-state index contributed by atoms with van der Waals surface area (Å²) in [6.07, 6.45) is 1.58. The molecule has 1 aromatic rings. The smallest absolute Gasteiger partial charge is 0.335 e. The topological polar surface area (TPSA) is 75.6 Å². The van der Waals surface area contributed by atoms with Gasteiger partial charge in [-0.25, -0.2) is 4.79 Å². The summed E-state index contributed by atoms with van der Waals surface area (Å²) in [5, 5.41) is 11.5. The third-order valence-electron chi connectivity index (χ3n) is 3.09. The number of benzene rings is 1. The highest BCUT2D eigenvalue weighted by molar-refractivity contribution is 5.97. The minimum Gasteiger partial charge on any atom is -0.478 e. The standard InChI is InChI=1S/C13H15NO4/c1-13(7-2-8-18-13)12(17)14-10-5-3-9(4-6-10)11(15)16/h3-6H,2,7-8H2,1H3,(H,14,17)(H,15,16). The molecule has 0 radical (unpaired) electrons. The van der Waals surface area contributed by atoms with E-state index in [9.17, 15) is 9.59 Å². The summed E-state index contributed by atoms with van der Waals surface area (Å²) in [6, 6.07) is 6.05. The van der Waals surface area contributed by atoms with E-state index < -0.39 is 11.6 Å². The predicted octanol–water partition coefficient (Wildman–Crippen LogP) is 1.89. The van der Waals surface area contributed by atoms with E-state index in [-0.39, 0.29) is 11.5 Å². The second-order valence-corrected chi connectivity index (χ2v) is 4.52. The molecular weight excluding hydrogens is 234 g/mol. The highest BCUT2D eigenvalue weighted by Gasteiger charge is 2.37. The maximum absolute atomic E-state index is 12.0. The zero-order chi connectivity index (χ0) is 13.2. The summed E-state index contributed by atoms with van der Waals surface area (Å²) in [6.45, 7) is 2.36. The molecule has 1 heterocycles. The number of amides is 1. The second-order valence-electron chi connectivity index (χ2n) is 4.52. The molecule has 2 rings (SSSR count). The molecular formula is C13H15NO4. The minimum absolute atomic E-state index is 0.191. The van der Waals surface area contributed by atoms with E-state index in [2.05, 4.69) is 5.32 Å². The van der Waals surface area contributed by atoms with Crippen LogP contribution in [0.4, 0.5) is 5.69 Å². The molecule has 1 aliphatic rings. The maximum Gasteiger partial charge on any atom is 0.335 e. The molecule has 1 atom stereocenters. The quantitative estimate of drug-likeness (QED) is 0.857. The molecule has 5 nitrogen and oxygen atoms in total. The first-order valence-electron chi connectivity index (χ1n) is 5.80. The van der Waals surface area contributed by atoms with Gasteiger partial charge in [-0.3, -0.25) is 4.79 Å². The molecule has 0 spiro atoms. The van der Waals surface area contributed by atoms with Gasteiger partial charge < -0.3 is 15.2 Å². The van der Waals surface area contributed by atoms with Gasteiger partial charge in [-0.05, 0) is 44.0 Å². The molecule has 1 amide bonds. The van der Waals surface area contributed by atoms with Crippen molar-refractivity contribution in [2.45, 2.75) is 25.4 Å². The number of hydrogen-bond donors (Lipinski definition) is 2. The first-order valence-corrected chi connectivity index (χ1v) is 5.80. The van der Waals surface area contributed by atoms with Gasteiger partial charge in [-0.2, -0.15) is 0 Å². The number of nitrogens with one attached hydrogen (secondary N) is 1. The zero-order valence-corrected chi connectivity index (χ0v) is 10.1. The molecule has 0 bridgehead atoms. The molecule has 1 aliphatic heterocycles. The van der Waals surface area contributed by atoms with E-state index >= 15 is 0 Å². The van der Waals surface area contributed by atoms with Gasteiger partial charge in [0.1, 0.15) is 5.60 Å². The van der Waals surface area contributed by atoms with Gasteiger partial charge >= 0.3 is 5.97 Å². The van der Waals surface area contributed by atoms with Crippen LogP contribution < -0.4 is 5.32 Å². The molecule has 0 aliphatic carbocycles. The lowest BCUT2D eigenvalue weighted by atomic mass is 10.0. The lowest BCUT2D eigenvalue weighted by Gasteiger charge is -2.21. The lowest BCUT2D eigenvalue weighted by molar-refractivity contribution is -0.133. The van der Waals surface area contributed by atoms with Gasteiger partial charge in [0.25, 0.3) is 5.91 Å². The summed E-state index contributed by atoms with van der Waals surface area (Å²) < 4.78 is 5.43. The Morgan fingerprint density at radius 3 is 2.50 bits per heavy atom. The third-order valence-corrected chi connectivity index (χ3v) is 3.09. The Labute approximate surface area is 105 Å². The van der Waals surface area contributed by atoms with E-state index in [0.29, 0.717) is 18.7 Å². The Balaban J connectivity index is 2.05. The van der Waals surface area contributed by atoms with Crippen LogP contribution in [0.1, 0.15) is 30.1 Å². The molecule has 0 aromatic heterocycles. The number of carbonyl (C=O) groups excluding carboxylic acids is 1. The van der Waals surface area contributed by atoms with Crippen molar-refractivity contribution in [3.8, 4) is 0 Å². The Hall–Kier alpha value is -1.88. The number of carboxylic acids is 1. The average molecular weight is 249 g/mol. The highest BCUT2D eigenvalue weighted by Crippen LogP contribution is 2.26. The van der Waals surface area contributed by atoms with Crippen LogP contribution in [0, 0.1) is 0 Å². The average Bonchev–Trinajstić information content (AvgIpc) is 2.78. The number of anilines is 1. The van der Waals surface area contributed by atoms with Crippen molar-refractivity contribution in [2.24, 2.45) is 0 Å². The first kappa shape index (κ1) is 12.6. The van der Waals surface area contributed by atoms with Crippen LogP contribution in [0.5, 0.6) is 0 Å². The Morgan fingerprint density at radius 1 is 1.33 bits per heavy atom. The summed E-state index contributed by atoms with van der Waals surface area (Å²) in [5.41, 5.74) is -0.0103. The van der Waals surface area contributed by atoms with Gasteiger partial charge in [0, 0.05) is 12.3 Å². The predicted molar refractivity (Wildman–Crippen MR) is 65.6 cm³/mol. The van der Waals surface area contributed by atoms with Crippen molar-refractivity contribution in [1.82, 2.24) is 0 Å². The van der Waals surface area contributed by atoms with Gasteiger partial charge in [-0.1, -0.05) is 0 Å². The highest BCUT2D eigenvalue weighted by atomic mass is 16.5. The van der Waals surface area contributed by atoms with E-state index in [4.69, 9.17) is 9.84 Å². The van der Waals surface area contributed by atoms with Crippen LogP contribution in [0.15, 0.2) is 24.3 Å². The largest absolute Gasteiger partial charge is 0.478 e. The van der Waals surface area contributed by atoms with Crippen LogP contribution >= 0.6 is 0 Å². The number of hydrogen-bond acceptors (Lipinski definition) is 3. The van der Waals surface area contributed by atoms with Crippen LogP contribution in [-0.4, -0.2) is 29.2 Å². The van der Waals surface area contributed by atoms with Crippen molar-refractivity contribution in [3.63, 3.8) is 0 Å².